The van der Waals surface area contributed by atoms with E-state index in [9.17, 15) is 0 Å². The van der Waals surface area contributed by atoms with Gasteiger partial charge in [0.25, 0.3) is 0 Å². The number of H-pyrrole nitrogens is 2. The molecular formula is C27H24N4. The van der Waals surface area contributed by atoms with E-state index in [0.29, 0.717) is 0 Å². The summed E-state index contributed by atoms with van der Waals surface area (Å²) in [5.74, 6) is 2.84. The minimum absolute atomic E-state index is 0.766. The topological polar surface area (TPSA) is 57.4 Å². The third kappa shape index (κ3) is 3.83. The second-order valence-electron chi connectivity index (χ2n) is 7.91. The number of aromatic nitrogens is 4. The average molecular weight is 405 g/mol. The van der Waals surface area contributed by atoms with Crippen LogP contribution in [0.2, 0.25) is 0 Å². The van der Waals surface area contributed by atoms with Gasteiger partial charge in [-0.2, -0.15) is 0 Å². The Kier molecular flexibility index (Phi) is 5.01. The second kappa shape index (κ2) is 8.12. The molecule has 2 aliphatic heterocycles. The summed E-state index contributed by atoms with van der Waals surface area (Å²) < 4.78 is 0. The third-order valence-corrected chi connectivity index (χ3v) is 5.67. The van der Waals surface area contributed by atoms with Crippen molar-refractivity contribution in [3.05, 3.63) is 70.3 Å². The van der Waals surface area contributed by atoms with Gasteiger partial charge in [-0.15, -0.1) is 6.42 Å². The Hall–Kier alpha value is -3.84. The Morgan fingerprint density at radius 3 is 2.35 bits per heavy atom. The van der Waals surface area contributed by atoms with Crippen molar-refractivity contribution >= 4 is 46.4 Å². The van der Waals surface area contributed by atoms with E-state index < -0.39 is 0 Å². The maximum Gasteiger partial charge on any atom is 0.0815 e. The van der Waals surface area contributed by atoms with Crippen molar-refractivity contribution in [2.45, 2.75) is 32.6 Å². The molecule has 0 spiro atoms. The van der Waals surface area contributed by atoms with Crippen molar-refractivity contribution in [1.82, 2.24) is 19.9 Å². The van der Waals surface area contributed by atoms with Gasteiger partial charge < -0.3 is 9.97 Å². The normalized spacial score (nSPS) is 12.3. The zero-order valence-corrected chi connectivity index (χ0v) is 17.6. The summed E-state index contributed by atoms with van der Waals surface area (Å²) in [5.41, 5.74) is 9.55. The number of rotatable bonds is 4. The molecule has 4 heteroatoms. The highest BCUT2D eigenvalue weighted by Gasteiger charge is 2.13. The molecule has 5 rings (SSSR count). The molecule has 0 atom stereocenters. The summed E-state index contributed by atoms with van der Waals surface area (Å²) in [5, 5.41) is 0. The van der Waals surface area contributed by atoms with Crippen LogP contribution in [0.3, 0.4) is 0 Å². The van der Waals surface area contributed by atoms with Crippen LogP contribution in [0.1, 0.15) is 60.1 Å². The lowest BCUT2D eigenvalue weighted by molar-refractivity contribution is 0.714. The molecule has 0 saturated carbocycles. The molecular weight excluding hydrogens is 380 g/mol. The number of hydrogen-bond acceptors (Lipinski definition) is 2. The van der Waals surface area contributed by atoms with Crippen molar-refractivity contribution in [3.8, 4) is 12.3 Å². The summed E-state index contributed by atoms with van der Waals surface area (Å²) in [7, 11) is 0. The van der Waals surface area contributed by atoms with Gasteiger partial charge >= 0.3 is 0 Å². The molecule has 3 aromatic heterocycles. The molecule has 0 radical (unpaired) electrons. The van der Waals surface area contributed by atoms with Crippen LogP contribution in [-0.2, 0) is 6.42 Å². The molecule has 0 unspecified atom stereocenters. The van der Waals surface area contributed by atoms with Crippen LogP contribution >= 0.6 is 0 Å². The van der Waals surface area contributed by atoms with E-state index in [2.05, 4.69) is 65.3 Å². The zero-order valence-electron chi connectivity index (χ0n) is 17.6. The zero-order chi connectivity index (χ0) is 21.2. The van der Waals surface area contributed by atoms with Gasteiger partial charge in [0, 0.05) is 22.1 Å². The Bertz CT molecular complexity index is 1410. The summed E-state index contributed by atoms with van der Waals surface area (Å²) in [6.45, 7) is 2.22. The molecule has 0 fully saturated rings. The van der Waals surface area contributed by atoms with Gasteiger partial charge in [-0.1, -0.05) is 25.7 Å². The van der Waals surface area contributed by atoms with Crippen LogP contribution < -0.4 is 0 Å². The average Bonchev–Trinajstić information content (AvgIpc) is 3.55. The third-order valence-electron chi connectivity index (χ3n) is 5.67. The van der Waals surface area contributed by atoms with Gasteiger partial charge in [-0.3, -0.25) is 0 Å². The highest BCUT2D eigenvalue weighted by Crippen LogP contribution is 2.25. The van der Waals surface area contributed by atoms with Crippen LogP contribution in [0.5, 0.6) is 0 Å². The number of terminal acetylenes is 1. The standard InChI is InChI=1S/C27H24N4/c1-3-5-6-7-23-26-13-11-21(30-26)17-19-9-8-18(28-19)16-20-10-12-24(29-20)22(4-2)25-14-15-27(23)31-25/h2,8-17,28-29H,3,5-7H2,1H3. The van der Waals surface area contributed by atoms with Gasteiger partial charge in [0.15, 0.2) is 0 Å². The fourth-order valence-electron chi connectivity index (χ4n) is 4.09. The van der Waals surface area contributed by atoms with Crippen LogP contribution in [0, 0.1) is 12.3 Å². The molecule has 0 aliphatic carbocycles. The number of aromatic amines is 2. The van der Waals surface area contributed by atoms with Gasteiger partial charge in [0.05, 0.1) is 33.9 Å². The monoisotopic (exact) mass is 404 g/mol. The van der Waals surface area contributed by atoms with E-state index >= 15 is 0 Å². The first kappa shape index (κ1) is 19.1. The van der Waals surface area contributed by atoms with Gasteiger partial charge in [-0.25, -0.2) is 9.97 Å². The van der Waals surface area contributed by atoms with Gasteiger partial charge in [-0.05, 0) is 73.5 Å². The van der Waals surface area contributed by atoms with E-state index in [-0.39, 0.29) is 0 Å². The molecule has 5 heterocycles. The fraction of sp³-hybridized carbons (Fsp3) is 0.185. The Morgan fingerprint density at radius 1 is 0.806 bits per heavy atom. The predicted molar refractivity (Wildman–Crippen MR) is 130 cm³/mol. The largest absolute Gasteiger partial charge is 0.355 e. The summed E-state index contributed by atoms with van der Waals surface area (Å²) >= 11 is 0. The molecule has 3 aromatic rings. The van der Waals surface area contributed by atoms with Crippen LogP contribution in [-0.4, -0.2) is 19.9 Å². The molecule has 31 heavy (non-hydrogen) atoms. The van der Waals surface area contributed by atoms with Gasteiger partial charge in [0.1, 0.15) is 0 Å². The van der Waals surface area contributed by atoms with Crippen molar-refractivity contribution in [2.75, 3.05) is 0 Å². The number of nitrogens with zero attached hydrogens (tertiary/aromatic N) is 2. The molecule has 2 N–H and O–H groups in total. The van der Waals surface area contributed by atoms with E-state index in [4.69, 9.17) is 16.4 Å². The van der Waals surface area contributed by atoms with Crippen molar-refractivity contribution in [2.24, 2.45) is 0 Å². The minimum Gasteiger partial charge on any atom is -0.355 e. The summed E-state index contributed by atoms with van der Waals surface area (Å²) in [6.07, 6.45) is 18.6. The Labute approximate surface area is 181 Å². The number of hydrogen-bond donors (Lipinski definition) is 2. The lowest BCUT2D eigenvalue weighted by Gasteiger charge is -2.03. The van der Waals surface area contributed by atoms with Crippen LogP contribution in [0.15, 0.2) is 36.4 Å². The molecule has 152 valence electrons. The molecule has 8 bridgehead atoms. The quantitative estimate of drug-likeness (QED) is 0.270. The fourth-order valence-corrected chi connectivity index (χ4v) is 4.09. The first-order valence-corrected chi connectivity index (χ1v) is 10.8. The lowest BCUT2D eigenvalue weighted by Crippen LogP contribution is -1.95. The smallest absolute Gasteiger partial charge is 0.0815 e. The van der Waals surface area contributed by atoms with E-state index in [1.807, 2.05) is 18.2 Å². The number of nitrogens with one attached hydrogen (secondary N) is 2. The first-order chi connectivity index (χ1) is 15.2. The first-order valence-electron chi connectivity index (χ1n) is 10.8. The maximum atomic E-state index is 5.90. The number of fused-ring (bicyclic) bond motifs is 8. The van der Waals surface area contributed by atoms with E-state index in [0.717, 1.165) is 63.2 Å². The van der Waals surface area contributed by atoms with Gasteiger partial charge in [0.2, 0.25) is 0 Å². The Balaban J connectivity index is 1.84. The molecule has 0 aromatic carbocycles. The molecule has 4 nitrogen and oxygen atoms in total. The van der Waals surface area contributed by atoms with Crippen LogP contribution in [0.4, 0.5) is 0 Å². The molecule has 0 amide bonds. The van der Waals surface area contributed by atoms with E-state index in [1.165, 1.54) is 18.4 Å². The number of unbranched alkanes of at least 4 members (excludes halogenated alkanes) is 2. The summed E-state index contributed by atoms with van der Waals surface area (Å²) in [6, 6.07) is 12.3. The van der Waals surface area contributed by atoms with E-state index in [1.54, 1.807) is 0 Å². The highest BCUT2D eigenvalue weighted by atomic mass is 14.8. The summed E-state index contributed by atoms with van der Waals surface area (Å²) in [4.78, 5) is 16.7. The highest BCUT2D eigenvalue weighted by molar-refractivity contribution is 5.82. The van der Waals surface area contributed by atoms with Crippen molar-refractivity contribution in [1.29, 1.82) is 0 Å². The van der Waals surface area contributed by atoms with Crippen molar-refractivity contribution < 1.29 is 0 Å². The second-order valence-corrected chi connectivity index (χ2v) is 7.91. The maximum absolute atomic E-state index is 5.90. The molecule has 2 aliphatic rings. The van der Waals surface area contributed by atoms with Crippen molar-refractivity contribution in [3.63, 3.8) is 0 Å². The SMILES string of the molecule is C#Cc1c2nc(c(CCCCC)c3nc(cc4ccc(cc5ccc1[nH]5)[nH]4)C=C3)C=C2. The minimum atomic E-state index is 0.766. The molecule has 0 saturated heterocycles. The Morgan fingerprint density at radius 2 is 1.52 bits per heavy atom. The van der Waals surface area contributed by atoms with Crippen LogP contribution in [0.25, 0.3) is 46.4 Å². The predicted octanol–water partition coefficient (Wildman–Crippen LogP) is 6.37. The lowest BCUT2D eigenvalue weighted by atomic mass is 10.0.